The van der Waals surface area contributed by atoms with Crippen molar-refractivity contribution in [3.8, 4) is 0 Å². The molecule has 1 saturated heterocycles. The van der Waals surface area contributed by atoms with Gasteiger partial charge in [-0.2, -0.15) is 0 Å². The van der Waals surface area contributed by atoms with E-state index in [2.05, 4.69) is 5.32 Å². The average molecular weight is 394 g/mol. The number of esters is 1. The fourth-order valence-electron chi connectivity index (χ4n) is 2.99. The first-order chi connectivity index (χ1) is 14.1. The van der Waals surface area contributed by atoms with Crippen molar-refractivity contribution >= 4 is 18.0 Å². The van der Waals surface area contributed by atoms with Gasteiger partial charge in [0.15, 0.2) is 0 Å². The number of hydrogen-bond acceptors (Lipinski definition) is 6. The Morgan fingerprint density at radius 1 is 1.00 bits per heavy atom. The SMILES string of the molecule is CN/C=C1\CC(C(=O)OCc2ccccc2)N(C(=O)OCc2ccccc2)C1=O. The van der Waals surface area contributed by atoms with E-state index >= 15 is 0 Å². The molecule has 1 heterocycles. The summed E-state index contributed by atoms with van der Waals surface area (Å²) in [7, 11) is 1.64. The molecule has 1 N–H and O–H groups in total. The number of imide groups is 1. The second kappa shape index (κ2) is 9.54. The number of carbonyl (C=O) groups excluding carboxylic acids is 3. The summed E-state index contributed by atoms with van der Waals surface area (Å²) in [6, 6.07) is 17.2. The van der Waals surface area contributed by atoms with Crippen LogP contribution in [-0.4, -0.2) is 36.0 Å². The second-order valence-corrected chi connectivity index (χ2v) is 6.49. The van der Waals surface area contributed by atoms with Gasteiger partial charge in [-0.1, -0.05) is 60.7 Å². The Morgan fingerprint density at radius 3 is 2.10 bits per heavy atom. The maximum Gasteiger partial charge on any atom is 0.417 e. The molecule has 0 spiro atoms. The monoisotopic (exact) mass is 394 g/mol. The first kappa shape index (κ1) is 20.1. The molecule has 1 aliphatic rings. The standard InChI is InChI=1S/C22H22N2O5/c1-23-13-18-12-19(21(26)28-14-16-8-4-2-5-9-16)24(20(18)25)22(27)29-15-17-10-6-3-7-11-17/h2-11,13,19,23H,12,14-15H2,1H3/b18-13+. The number of likely N-dealkylation sites (tertiary alicyclic amines) is 1. The van der Waals surface area contributed by atoms with Crippen LogP contribution >= 0.6 is 0 Å². The molecule has 7 heteroatoms. The minimum atomic E-state index is -1.06. The zero-order chi connectivity index (χ0) is 20.6. The van der Waals surface area contributed by atoms with Crippen molar-refractivity contribution in [2.75, 3.05) is 7.05 Å². The van der Waals surface area contributed by atoms with Crippen molar-refractivity contribution in [3.63, 3.8) is 0 Å². The van der Waals surface area contributed by atoms with Gasteiger partial charge in [0, 0.05) is 25.2 Å². The minimum absolute atomic E-state index is 0.000309. The predicted molar refractivity (Wildman–Crippen MR) is 105 cm³/mol. The molecule has 3 rings (SSSR count). The quantitative estimate of drug-likeness (QED) is 0.599. The first-order valence-electron chi connectivity index (χ1n) is 9.21. The minimum Gasteiger partial charge on any atom is -0.459 e. The number of nitrogens with one attached hydrogen (secondary N) is 1. The molecule has 7 nitrogen and oxygen atoms in total. The maximum absolute atomic E-state index is 12.6. The Morgan fingerprint density at radius 2 is 1.55 bits per heavy atom. The summed E-state index contributed by atoms with van der Waals surface area (Å²) in [4.78, 5) is 38.7. The molecule has 29 heavy (non-hydrogen) atoms. The van der Waals surface area contributed by atoms with Crippen molar-refractivity contribution < 1.29 is 23.9 Å². The maximum atomic E-state index is 12.6. The number of ether oxygens (including phenoxy) is 2. The molecule has 2 aromatic carbocycles. The van der Waals surface area contributed by atoms with Crippen LogP contribution in [0, 0.1) is 0 Å². The van der Waals surface area contributed by atoms with Crippen LogP contribution in [0.3, 0.4) is 0 Å². The van der Waals surface area contributed by atoms with Gasteiger partial charge in [0.2, 0.25) is 0 Å². The highest BCUT2D eigenvalue weighted by Crippen LogP contribution is 2.26. The van der Waals surface area contributed by atoms with Gasteiger partial charge in [0.1, 0.15) is 19.3 Å². The summed E-state index contributed by atoms with van der Waals surface area (Å²) in [6.45, 7) is 0.0582. The molecular weight excluding hydrogens is 372 g/mol. The average Bonchev–Trinajstić information content (AvgIpc) is 3.08. The van der Waals surface area contributed by atoms with Crippen LogP contribution in [0.2, 0.25) is 0 Å². The highest BCUT2D eigenvalue weighted by atomic mass is 16.6. The van der Waals surface area contributed by atoms with E-state index in [1.807, 2.05) is 48.5 Å². The van der Waals surface area contributed by atoms with Crippen molar-refractivity contribution in [2.24, 2.45) is 0 Å². The van der Waals surface area contributed by atoms with Gasteiger partial charge in [-0.3, -0.25) is 4.79 Å². The van der Waals surface area contributed by atoms with E-state index in [1.54, 1.807) is 19.2 Å². The molecule has 1 fully saturated rings. The fourth-order valence-corrected chi connectivity index (χ4v) is 2.99. The highest BCUT2D eigenvalue weighted by molar-refractivity contribution is 6.08. The molecule has 1 unspecified atom stereocenters. The molecule has 150 valence electrons. The van der Waals surface area contributed by atoms with Gasteiger partial charge in [-0.15, -0.1) is 0 Å². The number of nitrogens with zero attached hydrogens (tertiary/aromatic N) is 1. The van der Waals surface area contributed by atoms with Gasteiger partial charge in [0.05, 0.1) is 0 Å². The first-order valence-corrected chi connectivity index (χ1v) is 9.21. The van der Waals surface area contributed by atoms with Crippen molar-refractivity contribution in [1.29, 1.82) is 0 Å². The molecule has 0 aliphatic carbocycles. The smallest absolute Gasteiger partial charge is 0.417 e. The molecule has 0 aromatic heterocycles. The summed E-state index contributed by atoms with van der Waals surface area (Å²) < 4.78 is 10.6. The fraction of sp³-hybridized carbons (Fsp3) is 0.227. The second-order valence-electron chi connectivity index (χ2n) is 6.49. The van der Waals surface area contributed by atoms with Crippen LogP contribution in [0.5, 0.6) is 0 Å². The molecule has 1 aliphatic heterocycles. The van der Waals surface area contributed by atoms with Crippen LogP contribution in [0.25, 0.3) is 0 Å². The van der Waals surface area contributed by atoms with Gasteiger partial charge in [-0.05, 0) is 11.1 Å². The summed E-state index contributed by atoms with van der Waals surface area (Å²) >= 11 is 0. The van der Waals surface area contributed by atoms with Gasteiger partial charge >= 0.3 is 12.1 Å². The number of hydrogen-bond donors (Lipinski definition) is 1. The summed E-state index contributed by atoms with van der Waals surface area (Å²) in [6.07, 6.45) is 0.665. The lowest BCUT2D eigenvalue weighted by molar-refractivity contribution is -0.152. The number of amides is 2. The number of benzene rings is 2. The Kier molecular flexibility index (Phi) is 6.63. The Labute approximate surface area is 168 Å². The zero-order valence-corrected chi connectivity index (χ0v) is 16.0. The lowest BCUT2D eigenvalue weighted by Crippen LogP contribution is -2.44. The Balaban J connectivity index is 1.70. The van der Waals surface area contributed by atoms with Crippen molar-refractivity contribution in [3.05, 3.63) is 83.6 Å². The third-order valence-electron chi connectivity index (χ3n) is 4.43. The van der Waals surface area contributed by atoms with Crippen LogP contribution < -0.4 is 5.32 Å². The zero-order valence-electron chi connectivity index (χ0n) is 16.0. The van der Waals surface area contributed by atoms with Crippen molar-refractivity contribution in [1.82, 2.24) is 10.2 Å². The van der Waals surface area contributed by atoms with E-state index < -0.39 is 24.0 Å². The van der Waals surface area contributed by atoms with Gasteiger partial charge in [-0.25, -0.2) is 14.5 Å². The Bertz CT molecular complexity index is 896. The van der Waals surface area contributed by atoms with Crippen LogP contribution in [-0.2, 0) is 32.3 Å². The largest absolute Gasteiger partial charge is 0.459 e. The molecule has 0 saturated carbocycles. The molecule has 0 bridgehead atoms. The van der Waals surface area contributed by atoms with E-state index in [4.69, 9.17) is 9.47 Å². The highest BCUT2D eigenvalue weighted by Gasteiger charge is 2.45. The van der Waals surface area contributed by atoms with E-state index in [1.165, 1.54) is 6.20 Å². The predicted octanol–water partition coefficient (Wildman–Crippen LogP) is 2.77. The van der Waals surface area contributed by atoms with E-state index in [-0.39, 0.29) is 19.6 Å². The third-order valence-corrected chi connectivity index (χ3v) is 4.43. The summed E-state index contributed by atoms with van der Waals surface area (Å²) in [5, 5.41) is 2.76. The molecule has 2 aromatic rings. The normalized spacial score (nSPS) is 17.3. The van der Waals surface area contributed by atoms with Crippen LogP contribution in [0.1, 0.15) is 17.5 Å². The molecule has 1 atom stereocenters. The van der Waals surface area contributed by atoms with Gasteiger partial charge in [0.25, 0.3) is 5.91 Å². The summed E-state index contributed by atoms with van der Waals surface area (Å²) in [5.74, 6) is -1.22. The summed E-state index contributed by atoms with van der Waals surface area (Å²) in [5.41, 5.74) is 1.90. The lowest BCUT2D eigenvalue weighted by Gasteiger charge is -2.20. The van der Waals surface area contributed by atoms with Crippen LogP contribution in [0.4, 0.5) is 4.79 Å². The number of rotatable bonds is 6. The Hall–Kier alpha value is -3.61. The van der Waals surface area contributed by atoms with Crippen molar-refractivity contribution in [2.45, 2.75) is 25.7 Å². The van der Waals surface area contributed by atoms with E-state index in [0.717, 1.165) is 16.0 Å². The lowest BCUT2D eigenvalue weighted by atomic mass is 10.1. The number of carbonyl (C=O) groups is 3. The molecule has 2 amide bonds. The molecule has 0 radical (unpaired) electrons. The topological polar surface area (TPSA) is 84.9 Å². The van der Waals surface area contributed by atoms with E-state index in [9.17, 15) is 14.4 Å². The molecular formula is C22H22N2O5. The van der Waals surface area contributed by atoms with Gasteiger partial charge < -0.3 is 14.8 Å². The van der Waals surface area contributed by atoms with Crippen LogP contribution in [0.15, 0.2) is 72.4 Å². The van der Waals surface area contributed by atoms with E-state index in [0.29, 0.717) is 5.57 Å². The third kappa shape index (κ3) is 5.01.